The second kappa shape index (κ2) is 6.61. The Morgan fingerprint density at radius 3 is 2.70 bits per heavy atom. The molecule has 5 heteroatoms. The van der Waals surface area contributed by atoms with Crippen LogP contribution in [0.25, 0.3) is 0 Å². The molecule has 1 aromatic carbocycles. The van der Waals surface area contributed by atoms with Crippen LogP contribution >= 0.6 is 0 Å². The number of hydrogen-bond acceptors (Lipinski definition) is 4. The van der Waals surface area contributed by atoms with Crippen molar-refractivity contribution >= 4 is 11.6 Å². The first-order chi connectivity index (χ1) is 9.65. The maximum Gasteiger partial charge on any atom is 0.229 e. The van der Waals surface area contributed by atoms with Crippen molar-refractivity contribution in [1.29, 1.82) is 0 Å². The van der Waals surface area contributed by atoms with Crippen molar-refractivity contribution in [3.8, 4) is 11.5 Å². The number of nitrogens with one attached hydrogen (secondary N) is 2. The Kier molecular flexibility index (Phi) is 4.84. The number of amides is 1. The molecule has 2 unspecified atom stereocenters. The van der Waals surface area contributed by atoms with E-state index in [4.69, 9.17) is 9.47 Å². The SMILES string of the molecule is COc1ccc(NC(=O)C2CCCNC2C)cc1OC. The zero-order valence-electron chi connectivity index (χ0n) is 12.2. The van der Waals surface area contributed by atoms with E-state index in [-0.39, 0.29) is 17.9 Å². The van der Waals surface area contributed by atoms with Crippen molar-refractivity contribution in [2.75, 3.05) is 26.1 Å². The fourth-order valence-corrected chi connectivity index (χ4v) is 2.55. The predicted molar refractivity (Wildman–Crippen MR) is 78.4 cm³/mol. The summed E-state index contributed by atoms with van der Waals surface area (Å²) in [5.41, 5.74) is 0.727. The van der Waals surface area contributed by atoms with Crippen LogP contribution in [-0.2, 0) is 4.79 Å². The molecule has 1 aromatic rings. The zero-order chi connectivity index (χ0) is 14.5. The highest BCUT2D eigenvalue weighted by molar-refractivity contribution is 5.93. The topological polar surface area (TPSA) is 59.6 Å². The van der Waals surface area contributed by atoms with Crippen LogP contribution < -0.4 is 20.1 Å². The number of anilines is 1. The van der Waals surface area contributed by atoms with Gasteiger partial charge in [-0.3, -0.25) is 4.79 Å². The molecule has 2 N–H and O–H groups in total. The second-order valence-electron chi connectivity index (χ2n) is 5.05. The molecule has 0 saturated carbocycles. The third-order valence-electron chi connectivity index (χ3n) is 3.75. The van der Waals surface area contributed by atoms with Gasteiger partial charge in [-0.05, 0) is 38.4 Å². The third kappa shape index (κ3) is 3.22. The minimum atomic E-state index is 0.0110. The third-order valence-corrected chi connectivity index (χ3v) is 3.75. The van der Waals surface area contributed by atoms with E-state index >= 15 is 0 Å². The van der Waals surface area contributed by atoms with Crippen molar-refractivity contribution in [3.05, 3.63) is 18.2 Å². The number of rotatable bonds is 4. The molecule has 20 heavy (non-hydrogen) atoms. The van der Waals surface area contributed by atoms with Crippen LogP contribution in [0.5, 0.6) is 11.5 Å². The monoisotopic (exact) mass is 278 g/mol. The van der Waals surface area contributed by atoms with E-state index < -0.39 is 0 Å². The Bertz CT molecular complexity index is 476. The summed E-state index contributed by atoms with van der Waals surface area (Å²) in [7, 11) is 3.17. The average Bonchev–Trinajstić information content (AvgIpc) is 2.47. The summed E-state index contributed by atoms with van der Waals surface area (Å²) < 4.78 is 10.4. The lowest BCUT2D eigenvalue weighted by Crippen LogP contribution is -2.44. The lowest BCUT2D eigenvalue weighted by atomic mass is 9.91. The molecule has 5 nitrogen and oxygen atoms in total. The molecule has 2 atom stereocenters. The van der Waals surface area contributed by atoms with Gasteiger partial charge in [0.05, 0.1) is 20.1 Å². The first-order valence-corrected chi connectivity index (χ1v) is 6.92. The fourth-order valence-electron chi connectivity index (χ4n) is 2.55. The van der Waals surface area contributed by atoms with E-state index in [0.717, 1.165) is 25.1 Å². The standard InChI is InChI=1S/C15H22N2O3/c1-10-12(5-4-8-16-10)15(18)17-11-6-7-13(19-2)14(9-11)20-3/h6-7,9-10,12,16H,4-5,8H2,1-3H3,(H,17,18). The van der Waals surface area contributed by atoms with E-state index in [1.54, 1.807) is 26.4 Å². The van der Waals surface area contributed by atoms with Gasteiger partial charge in [-0.25, -0.2) is 0 Å². The molecule has 0 spiro atoms. The number of hydrogen-bond donors (Lipinski definition) is 2. The summed E-state index contributed by atoms with van der Waals surface area (Å²) >= 11 is 0. The van der Waals surface area contributed by atoms with Crippen LogP contribution in [-0.4, -0.2) is 32.7 Å². The van der Waals surface area contributed by atoms with Gasteiger partial charge in [-0.1, -0.05) is 0 Å². The quantitative estimate of drug-likeness (QED) is 0.884. The van der Waals surface area contributed by atoms with Gasteiger partial charge in [0.25, 0.3) is 0 Å². The zero-order valence-corrected chi connectivity index (χ0v) is 12.2. The average molecular weight is 278 g/mol. The van der Waals surface area contributed by atoms with Crippen LogP contribution in [0.4, 0.5) is 5.69 Å². The van der Waals surface area contributed by atoms with Crippen LogP contribution in [0.3, 0.4) is 0 Å². The summed E-state index contributed by atoms with van der Waals surface area (Å²) in [6, 6.07) is 5.60. The van der Waals surface area contributed by atoms with Crippen LogP contribution in [0.2, 0.25) is 0 Å². The number of ether oxygens (including phenoxy) is 2. The van der Waals surface area contributed by atoms with Crippen LogP contribution in [0, 0.1) is 5.92 Å². The molecule has 1 heterocycles. The minimum Gasteiger partial charge on any atom is -0.493 e. The molecule has 0 bridgehead atoms. The highest BCUT2D eigenvalue weighted by Gasteiger charge is 2.27. The summed E-state index contributed by atoms with van der Waals surface area (Å²) in [4.78, 5) is 12.3. The van der Waals surface area contributed by atoms with Crippen LogP contribution in [0.1, 0.15) is 19.8 Å². The molecule has 1 saturated heterocycles. The molecule has 0 radical (unpaired) electrons. The maximum absolute atomic E-state index is 12.3. The Labute approximate surface area is 119 Å². The van der Waals surface area contributed by atoms with Crippen molar-refractivity contribution in [3.63, 3.8) is 0 Å². The minimum absolute atomic E-state index is 0.0110. The van der Waals surface area contributed by atoms with Gasteiger partial charge in [0.2, 0.25) is 5.91 Å². The molecule has 1 amide bonds. The van der Waals surface area contributed by atoms with E-state index in [1.807, 2.05) is 6.07 Å². The molecule has 0 aromatic heterocycles. The number of carbonyl (C=O) groups is 1. The largest absolute Gasteiger partial charge is 0.493 e. The van der Waals surface area contributed by atoms with E-state index in [1.165, 1.54) is 0 Å². The van der Waals surface area contributed by atoms with Gasteiger partial charge in [-0.15, -0.1) is 0 Å². The Morgan fingerprint density at radius 1 is 1.30 bits per heavy atom. The number of benzene rings is 1. The van der Waals surface area contributed by atoms with Gasteiger partial charge < -0.3 is 20.1 Å². The number of carbonyl (C=O) groups excluding carboxylic acids is 1. The Hall–Kier alpha value is -1.75. The lowest BCUT2D eigenvalue weighted by molar-refractivity contribution is -0.121. The highest BCUT2D eigenvalue weighted by Crippen LogP contribution is 2.30. The van der Waals surface area contributed by atoms with Crippen molar-refractivity contribution in [2.45, 2.75) is 25.8 Å². The lowest BCUT2D eigenvalue weighted by Gasteiger charge is -2.28. The maximum atomic E-state index is 12.3. The Morgan fingerprint density at radius 2 is 2.05 bits per heavy atom. The first kappa shape index (κ1) is 14.7. The molecule has 110 valence electrons. The van der Waals surface area contributed by atoms with Gasteiger partial charge in [-0.2, -0.15) is 0 Å². The van der Waals surface area contributed by atoms with Crippen molar-refractivity contribution in [1.82, 2.24) is 5.32 Å². The summed E-state index contributed by atoms with van der Waals surface area (Å²) in [5, 5.41) is 6.29. The predicted octanol–water partition coefficient (Wildman–Crippen LogP) is 2.03. The molecule has 1 aliphatic heterocycles. The van der Waals surface area contributed by atoms with Gasteiger partial charge >= 0.3 is 0 Å². The van der Waals surface area contributed by atoms with E-state index in [9.17, 15) is 4.79 Å². The van der Waals surface area contributed by atoms with Gasteiger partial charge in [0.15, 0.2) is 11.5 Å². The Balaban J connectivity index is 2.07. The molecule has 1 fully saturated rings. The van der Waals surface area contributed by atoms with Crippen LogP contribution in [0.15, 0.2) is 18.2 Å². The van der Waals surface area contributed by atoms with Gasteiger partial charge in [0.1, 0.15) is 0 Å². The van der Waals surface area contributed by atoms with E-state index in [0.29, 0.717) is 11.5 Å². The van der Waals surface area contributed by atoms with Crippen molar-refractivity contribution in [2.24, 2.45) is 5.92 Å². The van der Waals surface area contributed by atoms with E-state index in [2.05, 4.69) is 17.6 Å². The normalized spacial score (nSPS) is 22.1. The highest BCUT2D eigenvalue weighted by atomic mass is 16.5. The molecular weight excluding hydrogens is 256 g/mol. The molecule has 0 aliphatic carbocycles. The number of piperidine rings is 1. The molecule has 1 aliphatic rings. The van der Waals surface area contributed by atoms with Crippen molar-refractivity contribution < 1.29 is 14.3 Å². The number of methoxy groups -OCH3 is 2. The molecular formula is C15H22N2O3. The summed E-state index contributed by atoms with van der Waals surface area (Å²) in [6.45, 7) is 3.04. The smallest absolute Gasteiger partial charge is 0.229 e. The second-order valence-corrected chi connectivity index (χ2v) is 5.05. The first-order valence-electron chi connectivity index (χ1n) is 6.92. The molecule has 2 rings (SSSR count). The summed E-state index contributed by atoms with van der Waals surface area (Å²) in [6.07, 6.45) is 1.96. The summed E-state index contributed by atoms with van der Waals surface area (Å²) in [5.74, 6) is 1.33. The van der Waals surface area contributed by atoms with Gasteiger partial charge in [0, 0.05) is 17.8 Å². The fraction of sp³-hybridized carbons (Fsp3) is 0.533.